The van der Waals surface area contributed by atoms with E-state index >= 15 is 0 Å². The van der Waals surface area contributed by atoms with Crippen LogP contribution >= 0.6 is 22.7 Å². The Hall–Kier alpha value is -1.27. The molecule has 0 aliphatic heterocycles. The van der Waals surface area contributed by atoms with E-state index in [1.807, 2.05) is 12.3 Å². The van der Waals surface area contributed by atoms with Crippen LogP contribution in [0.4, 0.5) is 0 Å². The van der Waals surface area contributed by atoms with E-state index in [1.54, 1.807) is 23.0 Å². The number of aryl methyl sites for hydroxylation is 1. The fourth-order valence-corrected chi connectivity index (χ4v) is 2.66. The van der Waals surface area contributed by atoms with Gasteiger partial charge in [0, 0.05) is 12.4 Å². The van der Waals surface area contributed by atoms with Crippen LogP contribution in [0, 0.1) is 6.92 Å². The van der Waals surface area contributed by atoms with Crippen LogP contribution in [0.2, 0.25) is 0 Å². The molecule has 1 amide bonds. The van der Waals surface area contributed by atoms with E-state index in [2.05, 4.69) is 9.97 Å². The standard InChI is InChI=1S/C10H11N3OS2/c1-7-9(16-6-11-7)10(14)13(2)3-8-4-15-5-12-8/h4-6H,3H2,1-2H3. The zero-order chi connectivity index (χ0) is 11.5. The number of nitrogens with zero attached hydrogens (tertiary/aromatic N) is 3. The van der Waals surface area contributed by atoms with Crippen molar-refractivity contribution in [1.29, 1.82) is 0 Å². The van der Waals surface area contributed by atoms with Crippen LogP contribution in [0.15, 0.2) is 16.4 Å². The van der Waals surface area contributed by atoms with Crippen molar-refractivity contribution in [2.24, 2.45) is 0 Å². The molecule has 6 heteroatoms. The molecule has 0 aromatic carbocycles. The van der Waals surface area contributed by atoms with Gasteiger partial charge in [0.2, 0.25) is 0 Å². The SMILES string of the molecule is Cc1ncsc1C(=O)N(C)Cc1cscn1. The summed E-state index contributed by atoms with van der Waals surface area (Å²) in [6, 6.07) is 0. The lowest BCUT2D eigenvalue weighted by Gasteiger charge is -2.14. The average molecular weight is 253 g/mol. The summed E-state index contributed by atoms with van der Waals surface area (Å²) in [6.07, 6.45) is 0. The summed E-state index contributed by atoms with van der Waals surface area (Å²) in [6.45, 7) is 2.39. The summed E-state index contributed by atoms with van der Waals surface area (Å²) < 4.78 is 0. The molecular weight excluding hydrogens is 242 g/mol. The largest absolute Gasteiger partial charge is 0.335 e. The number of thiazole rings is 2. The van der Waals surface area contributed by atoms with Crippen molar-refractivity contribution < 1.29 is 4.79 Å². The minimum absolute atomic E-state index is 0.00741. The van der Waals surface area contributed by atoms with E-state index in [0.29, 0.717) is 11.4 Å². The average Bonchev–Trinajstić information content (AvgIpc) is 2.88. The van der Waals surface area contributed by atoms with Crippen LogP contribution in [0.1, 0.15) is 21.1 Å². The summed E-state index contributed by atoms with van der Waals surface area (Å²) in [7, 11) is 1.78. The highest BCUT2D eigenvalue weighted by atomic mass is 32.1. The number of aromatic nitrogens is 2. The third-order valence-electron chi connectivity index (χ3n) is 2.17. The number of carbonyl (C=O) groups is 1. The number of amides is 1. The molecule has 2 aromatic heterocycles. The lowest BCUT2D eigenvalue weighted by Crippen LogP contribution is -2.26. The number of hydrogen-bond donors (Lipinski definition) is 0. The Morgan fingerprint density at radius 1 is 1.44 bits per heavy atom. The lowest BCUT2D eigenvalue weighted by molar-refractivity contribution is 0.0787. The third-order valence-corrected chi connectivity index (χ3v) is 3.72. The third kappa shape index (κ3) is 2.28. The van der Waals surface area contributed by atoms with E-state index in [9.17, 15) is 4.79 Å². The van der Waals surface area contributed by atoms with E-state index < -0.39 is 0 Å². The zero-order valence-electron chi connectivity index (χ0n) is 9.01. The molecule has 2 heterocycles. The summed E-state index contributed by atoms with van der Waals surface area (Å²) in [5.41, 5.74) is 5.17. The van der Waals surface area contributed by atoms with Gasteiger partial charge in [0.05, 0.1) is 29.0 Å². The van der Waals surface area contributed by atoms with Gasteiger partial charge in [0.25, 0.3) is 5.91 Å². The van der Waals surface area contributed by atoms with Crippen LogP contribution in [-0.4, -0.2) is 27.8 Å². The fourth-order valence-electron chi connectivity index (χ4n) is 1.31. The van der Waals surface area contributed by atoms with Crippen molar-refractivity contribution in [3.8, 4) is 0 Å². The predicted molar refractivity (Wildman–Crippen MR) is 64.8 cm³/mol. The highest BCUT2D eigenvalue weighted by Gasteiger charge is 2.16. The molecule has 0 saturated heterocycles. The Morgan fingerprint density at radius 3 is 2.81 bits per heavy atom. The van der Waals surface area contributed by atoms with Crippen molar-refractivity contribution in [3.05, 3.63) is 32.7 Å². The summed E-state index contributed by atoms with van der Waals surface area (Å²) in [5.74, 6) is 0.00741. The predicted octanol–water partition coefficient (Wildman–Crippen LogP) is 2.18. The molecule has 84 valence electrons. The first-order valence-electron chi connectivity index (χ1n) is 4.71. The van der Waals surface area contributed by atoms with E-state index in [-0.39, 0.29) is 5.91 Å². The van der Waals surface area contributed by atoms with Gasteiger partial charge in [0.15, 0.2) is 0 Å². The van der Waals surface area contributed by atoms with Gasteiger partial charge in [0.1, 0.15) is 4.88 Å². The first kappa shape index (κ1) is 11.2. The molecule has 0 radical (unpaired) electrons. The molecule has 4 nitrogen and oxygen atoms in total. The maximum atomic E-state index is 12.0. The molecular formula is C10H11N3OS2. The van der Waals surface area contributed by atoms with Crippen LogP contribution in [0.3, 0.4) is 0 Å². The second-order valence-corrected chi connectivity index (χ2v) is 4.98. The first-order valence-corrected chi connectivity index (χ1v) is 6.53. The van der Waals surface area contributed by atoms with Gasteiger partial charge >= 0.3 is 0 Å². The Morgan fingerprint density at radius 2 is 2.25 bits per heavy atom. The summed E-state index contributed by atoms with van der Waals surface area (Å²) in [4.78, 5) is 22.6. The normalized spacial score (nSPS) is 10.4. The van der Waals surface area contributed by atoms with Gasteiger partial charge < -0.3 is 4.90 Å². The molecule has 2 aromatic rings. The molecule has 0 fully saturated rings. The quantitative estimate of drug-likeness (QED) is 0.842. The van der Waals surface area contributed by atoms with Crippen LogP contribution in [0.25, 0.3) is 0 Å². The Balaban J connectivity index is 2.08. The molecule has 0 atom stereocenters. The van der Waals surface area contributed by atoms with Crippen molar-refractivity contribution in [3.63, 3.8) is 0 Å². The molecule has 0 aliphatic rings. The monoisotopic (exact) mass is 253 g/mol. The molecule has 0 bridgehead atoms. The van der Waals surface area contributed by atoms with E-state index in [1.165, 1.54) is 22.7 Å². The van der Waals surface area contributed by atoms with Crippen molar-refractivity contribution >= 4 is 28.6 Å². The first-order chi connectivity index (χ1) is 7.68. The highest BCUT2D eigenvalue weighted by Crippen LogP contribution is 2.15. The smallest absolute Gasteiger partial charge is 0.265 e. The number of carbonyl (C=O) groups excluding carboxylic acids is 1. The minimum atomic E-state index is 0.00741. The van der Waals surface area contributed by atoms with Crippen molar-refractivity contribution in [2.45, 2.75) is 13.5 Å². The molecule has 0 spiro atoms. The Labute approximate surface area is 102 Å². The van der Waals surface area contributed by atoms with Gasteiger partial charge in [-0.15, -0.1) is 22.7 Å². The maximum absolute atomic E-state index is 12.0. The number of rotatable bonds is 3. The van der Waals surface area contributed by atoms with Gasteiger partial charge in [-0.2, -0.15) is 0 Å². The Kier molecular flexibility index (Phi) is 3.31. The van der Waals surface area contributed by atoms with Crippen LogP contribution in [0.5, 0.6) is 0 Å². The van der Waals surface area contributed by atoms with E-state index in [4.69, 9.17) is 0 Å². The fraction of sp³-hybridized carbons (Fsp3) is 0.300. The van der Waals surface area contributed by atoms with Crippen LogP contribution < -0.4 is 0 Å². The molecule has 0 N–H and O–H groups in total. The Bertz CT molecular complexity index is 478. The summed E-state index contributed by atoms with van der Waals surface area (Å²) in [5, 5.41) is 1.95. The molecule has 0 saturated carbocycles. The van der Waals surface area contributed by atoms with Gasteiger partial charge in [-0.05, 0) is 6.92 Å². The van der Waals surface area contributed by atoms with Gasteiger partial charge in [-0.25, -0.2) is 9.97 Å². The zero-order valence-corrected chi connectivity index (χ0v) is 10.6. The van der Waals surface area contributed by atoms with Gasteiger partial charge in [-0.3, -0.25) is 4.79 Å². The second kappa shape index (κ2) is 4.71. The van der Waals surface area contributed by atoms with Gasteiger partial charge in [-0.1, -0.05) is 0 Å². The van der Waals surface area contributed by atoms with Crippen molar-refractivity contribution in [2.75, 3.05) is 7.05 Å². The topological polar surface area (TPSA) is 46.1 Å². The molecule has 16 heavy (non-hydrogen) atoms. The molecule has 0 aliphatic carbocycles. The second-order valence-electron chi connectivity index (χ2n) is 3.41. The maximum Gasteiger partial charge on any atom is 0.265 e. The van der Waals surface area contributed by atoms with Crippen LogP contribution in [-0.2, 0) is 6.54 Å². The molecule has 2 rings (SSSR count). The number of hydrogen-bond acceptors (Lipinski definition) is 5. The van der Waals surface area contributed by atoms with E-state index in [0.717, 1.165) is 11.4 Å². The highest BCUT2D eigenvalue weighted by molar-refractivity contribution is 7.11. The summed E-state index contributed by atoms with van der Waals surface area (Å²) >= 11 is 2.91. The minimum Gasteiger partial charge on any atom is -0.335 e. The lowest BCUT2D eigenvalue weighted by atomic mass is 10.3. The van der Waals surface area contributed by atoms with Crippen molar-refractivity contribution in [1.82, 2.24) is 14.9 Å². The molecule has 0 unspecified atom stereocenters.